The first-order valence-electron chi connectivity index (χ1n) is 1.28. The van der Waals surface area contributed by atoms with Crippen LogP contribution < -0.4 is 0 Å². The maximum atomic E-state index is 9.51. The summed E-state index contributed by atoms with van der Waals surface area (Å²) in [5.74, 6) is 0. The summed E-state index contributed by atoms with van der Waals surface area (Å²) in [6.45, 7) is 0. The lowest BCUT2D eigenvalue weighted by Crippen LogP contribution is -2.20. The summed E-state index contributed by atoms with van der Waals surface area (Å²) in [4.78, 5) is 0. The number of hydrogen-bond donors (Lipinski definition) is 4. The van der Waals surface area contributed by atoms with Crippen LogP contribution in [0.5, 0.6) is 0 Å². The van der Waals surface area contributed by atoms with Gasteiger partial charge in [-0.25, -0.2) is 4.21 Å². The zero-order valence-electron chi connectivity index (χ0n) is 3.42. The monoisotopic (exact) mass is 164 g/mol. The molecule has 6 nitrogen and oxygen atoms in total. The van der Waals surface area contributed by atoms with Gasteiger partial charge in [-0.3, -0.25) is 13.7 Å². The van der Waals surface area contributed by atoms with Crippen molar-refractivity contribution in [3.8, 4) is 0 Å². The zero-order valence-corrected chi connectivity index (χ0v) is 5.13. The highest BCUT2D eigenvalue weighted by atomic mass is 33.2. The number of rotatable bonds is 1. The molecule has 0 radical (unpaired) electrons. The van der Waals surface area contributed by atoms with E-state index in [0.717, 1.165) is 0 Å². The molecule has 0 aromatic carbocycles. The average Bonchev–Trinajstić information content (AvgIpc) is 1.25. The normalized spacial score (nSPS) is 15.9. The number of thiol groups is 1. The van der Waals surface area contributed by atoms with E-state index in [2.05, 4.69) is 0 Å². The molecule has 0 atom stereocenters. The summed E-state index contributed by atoms with van der Waals surface area (Å²) in [5, 5.41) is 0. The molecule has 0 bridgehead atoms. The smallest absolute Gasteiger partial charge is 0.297 e. The van der Waals surface area contributed by atoms with Crippen LogP contribution in [0.2, 0.25) is 0 Å². The Morgan fingerprint density at radius 2 is 1.38 bits per heavy atom. The first-order chi connectivity index (χ1) is 3.25. The van der Waals surface area contributed by atoms with Crippen LogP contribution in [-0.4, -0.2) is 26.3 Å². The van der Waals surface area contributed by atoms with Crippen molar-refractivity contribution in [2.45, 2.75) is 0 Å². The summed E-state index contributed by atoms with van der Waals surface area (Å²) in [6.07, 6.45) is 0. The summed E-state index contributed by atoms with van der Waals surface area (Å²) >= 11 is 0. The van der Waals surface area contributed by atoms with Gasteiger partial charge in [-0.05, 0) is 0 Å². The Labute approximate surface area is 45.8 Å². The topological polar surface area (TPSA) is 112 Å². The van der Waals surface area contributed by atoms with Crippen molar-refractivity contribution in [2.24, 2.45) is 0 Å². The molecule has 0 rings (SSSR count). The van der Waals surface area contributed by atoms with Gasteiger partial charge in [-0.1, -0.05) is 0 Å². The molecule has 0 heterocycles. The maximum Gasteiger partial charge on any atom is 0.366 e. The maximum absolute atomic E-state index is 9.51. The zero-order chi connectivity index (χ0) is 7.00. The second-order valence-corrected chi connectivity index (χ2v) is 5.63. The first-order valence-corrected chi connectivity index (χ1v) is 4.94. The second kappa shape index (κ2) is 1.74. The molecular weight excluding hydrogens is 160 g/mol. The van der Waals surface area contributed by atoms with E-state index in [9.17, 15) is 12.6 Å². The molecule has 0 aliphatic rings. The second-order valence-electron chi connectivity index (χ2n) is 0.938. The van der Waals surface area contributed by atoms with Crippen molar-refractivity contribution in [3.05, 3.63) is 0 Å². The molecule has 0 fully saturated rings. The van der Waals surface area contributed by atoms with Crippen LogP contribution >= 0.6 is 0 Å². The largest absolute Gasteiger partial charge is 0.366 e. The van der Waals surface area contributed by atoms with Crippen molar-refractivity contribution in [1.29, 1.82) is 0 Å². The Bertz CT molecular complexity index is 201. The minimum atomic E-state index is -5.32. The predicted octanol–water partition coefficient (Wildman–Crippen LogP) is -1.25. The van der Waals surface area contributed by atoms with E-state index in [4.69, 9.17) is 13.7 Å². The minimum absolute atomic E-state index is 5.17. The van der Waals surface area contributed by atoms with Gasteiger partial charge in [0.15, 0.2) is 9.53 Å². The standard InChI is InChI=1S/H4O6S2/c1-7(2,3)8(4,5)6/h7H,(H2,1,2,3)(H,4,5,6). The lowest BCUT2D eigenvalue weighted by atomic mass is 15.8. The molecule has 52 valence electrons. The molecule has 0 aromatic heterocycles. The van der Waals surface area contributed by atoms with E-state index in [0.29, 0.717) is 0 Å². The third kappa shape index (κ3) is 1.84. The molecule has 0 aliphatic heterocycles. The van der Waals surface area contributed by atoms with E-state index in [1.807, 2.05) is 0 Å². The molecule has 0 saturated carbocycles. The van der Waals surface area contributed by atoms with E-state index in [-0.39, 0.29) is 0 Å². The fourth-order valence-electron chi connectivity index (χ4n) is 0. The molecule has 0 spiro atoms. The van der Waals surface area contributed by atoms with E-state index < -0.39 is 18.7 Å². The Morgan fingerprint density at radius 1 is 1.25 bits per heavy atom. The third-order valence-corrected chi connectivity index (χ3v) is 2.70. The van der Waals surface area contributed by atoms with Gasteiger partial charge in [-0.2, -0.15) is 8.42 Å². The molecule has 0 amide bonds. The van der Waals surface area contributed by atoms with Crippen molar-refractivity contribution >= 4 is 18.7 Å². The average molecular weight is 164 g/mol. The molecule has 3 N–H and O–H groups in total. The Morgan fingerprint density at radius 3 is 1.38 bits per heavy atom. The van der Waals surface area contributed by atoms with Gasteiger partial charge in [-0.15, -0.1) is 0 Å². The van der Waals surface area contributed by atoms with Crippen molar-refractivity contribution in [1.82, 2.24) is 0 Å². The minimum Gasteiger partial charge on any atom is -0.297 e. The molecular formula is H4O6S2. The van der Waals surface area contributed by atoms with E-state index >= 15 is 0 Å². The van der Waals surface area contributed by atoms with Crippen molar-refractivity contribution in [2.75, 3.05) is 0 Å². The molecule has 8 heteroatoms. The predicted molar refractivity (Wildman–Crippen MR) is 26.3 cm³/mol. The summed E-state index contributed by atoms with van der Waals surface area (Å²) in [7, 11) is -10.5. The van der Waals surface area contributed by atoms with Gasteiger partial charge >= 0.3 is 9.15 Å². The van der Waals surface area contributed by atoms with Gasteiger partial charge in [0.25, 0.3) is 0 Å². The Hall–Kier alpha value is -0.0200. The van der Waals surface area contributed by atoms with Gasteiger partial charge in [0, 0.05) is 0 Å². The first kappa shape index (κ1) is 7.98. The fourth-order valence-corrected chi connectivity index (χ4v) is 0. The quantitative estimate of drug-likeness (QED) is 0.219. The molecule has 8 heavy (non-hydrogen) atoms. The number of hydrogen-bond acceptors (Lipinski definition) is 3. The lowest BCUT2D eigenvalue weighted by molar-refractivity contribution is 0.420. The molecule has 0 saturated heterocycles. The van der Waals surface area contributed by atoms with Crippen LogP contribution in [0, 0.1) is 0 Å². The molecule has 0 aromatic rings. The van der Waals surface area contributed by atoms with Crippen molar-refractivity contribution in [3.63, 3.8) is 0 Å². The van der Waals surface area contributed by atoms with Crippen LogP contribution in [-0.2, 0) is 18.7 Å². The van der Waals surface area contributed by atoms with E-state index in [1.54, 1.807) is 0 Å². The molecule has 0 unspecified atom stereocenters. The Kier molecular flexibility index (Phi) is 1.73. The summed E-state index contributed by atoms with van der Waals surface area (Å²) < 4.78 is 51.2. The fraction of sp³-hybridized carbons (Fsp3) is 0. The highest BCUT2D eigenvalue weighted by molar-refractivity contribution is 8.65. The van der Waals surface area contributed by atoms with Gasteiger partial charge in [0.05, 0.1) is 0 Å². The van der Waals surface area contributed by atoms with Crippen LogP contribution in [0.3, 0.4) is 0 Å². The van der Waals surface area contributed by atoms with Gasteiger partial charge in [0.1, 0.15) is 0 Å². The highest BCUT2D eigenvalue weighted by Gasteiger charge is 2.20. The Balaban J connectivity index is 4.84. The summed E-state index contributed by atoms with van der Waals surface area (Å²) in [6, 6.07) is 0. The van der Waals surface area contributed by atoms with E-state index in [1.165, 1.54) is 0 Å². The SMILES string of the molecule is O=S(=O)(O)[SH](=O)(O)O. The van der Waals surface area contributed by atoms with Gasteiger partial charge < -0.3 is 0 Å². The van der Waals surface area contributed by atoms with Crippen LogP contribution in [0.25, 0.3) is 0 Å². The summed E-state index contributed by atoms with van der Waals surface area (Å²) in [5.41, 5.74) is 0. The lowest BCUT2D eigenvalue weighted by Gasteiger charge is -2.02. The van der Waals surface area contributed by atoms with Crippen LogP contribution in [0.4, 0.5) is 0 Å². The molecule has 0 aliphatic carbocycles. The van der Waals surface area contributed by atoms with Crippen LogP contribution in [0.15, 0.2) is 0 Å². The third-order valence-electron chi connectivity index (χ3n) is 0.301. The van der Waals surface area contributed by atoms with Crippen molar-refractivity contribution < 1.29 is 26.3 Å². The highest BCUT2D eigenvalue weighted by Crippen LogP contribution is 1.99. The van der Waals surface area contributed by atoms with Crippen LogP contribution in [0.1, 0.15) is 0 Å². The van der Waals surface area contributed by atoms with Gasteiger partial charge in [0.2, 0.25) is 0 Å².